The molecule has 0 unspecified atom stereocenters. The zero-order valence-corrected chi connectivity index (χ0v) is 15.1. The van der Waals surface area contributed by atoms with Gasteiger partial charge >= 0.3 is 0 Å². The average molecular weight is 398 g/mol. The first-order valence-electron chi connectivity index (χ1n) is 8.31. The summed E-state index contributed by atoms with van der Waals surface area (Å²) in [6, 6.07) is 0. The predicted molar refractivity (Wildman–Crippen MR) is 99.5 cm³/mol. The molecule has 27 heavy (non-hydrogen) atoms. The Kier molecular flexibility index (Phi) is 5.86. The molecule has 3 rings (SSSR count). The van der Waals surface area contributed by atoms with Crippen molar-refractivity contribution < 1.29 is 20.1 Å². The molecule has 1 aliphatic rings. The third kappa shape index (κ3) is 4.01. The summed E-state index contributed by atoms with van der Waals surface area (Å²) in [5.74, 6) is 0.446. The first-order chi connectivity index (χ1) is 12.9. The van der Waals surface area contributed by atoms with E-state index in [-0.39, 0.29) is 10.6 Å². The summed E-state index contributed by atoms with van der Waals surface area (Å²) in [6.07, 6.45) is -2.15. The first kappa shape index (κ1) is 19.4. The zero-order valence-electron chi connectivity index (χ0n) is 14.3. The highest BCUT2D eigenvalue weighted by Gasteiger charge is 2.43. The molecule has 13 heteroatoms. The molecule has 2 aromatic heterocycles. The van der Waals surface area contributed by atoms with Crippen molar-refractivity contribution in [1.82, 2.24) is 19.5 Å². The number of ether oxygens (including phenoxy) is 1. The third-order valence-corrected chi connectivity index (χ3v) is 4.44. The van der Waals surface area contributed by atoms with Gasteiger partial charge in [0.15, 0.2) is 16.8 Å². The highest BCUT2D eigenvalue weighted by atomic mass is 32.1. The van der Waals surface area contributed by atoms with Crippen molar-refractivity contribution in [3.63, 3.8) is 0 Å². The van der Waals surface area contributed by atoms with Gasteiger partial charge in [0.05, 0.1) is 12.9 Å². The molecule has 0 aliphatic carbocycles. The first-order valence-corrected chi connectivity index (χ1v) is 8.71. The second-order valence-electron chi connectivity index (χ2n) is 6.06. The van der Waals surface area contributed by atoms with Crippen molar-refractivity contribution in [2.45, 2.75) is 31.0 Å². The smallest absolute Gasteiger partial charge is 0.203 e. The van der Waals surface area contributed by atoms with Crippen LogP contribution in [-0.2, 0) is 4.74 Å². The number of aromatic amines is 1. The summed E-state index contributed by atoms with van der Waals surface area (Å²) < 4.78 is 7.32. The predicted octanol–water partition coefficient (Wildman–Crippen LogP) is -1.82. The quantitative estimate of drug-likeness (QED) is 0.121. The number of nitrogens with one attached hydrogen (secondary N) is 2. The van der Waals surface area contributed by atoms with Gasteiger partial charge in [-0.25, -0.2) is 9.97 Å². The number of H-pyrrole nitrogens is 1. The van der Waals surface area contributed by atoms with Crippen LogP contribution in [0.15, 0.2) is 11.3 Å². The number of nitrogens with zero attached hydrogens (tertiary/aromatic N) is 4. The van der Waals surface area contributed by atoms with Gasteiger partial charge in [-0.05, 0) is 6.42 Å². The maximum atomic E-state index is 10.2. The lowest BCUT2D eigenvalue weighted by Crippen LogP contribution is -2.33. The average Bonchev–Trinajstić information content (AvgIpc) is 3.16. The van der Waals surface area contributed by atoms with Crippen molar-refractivity contribution >= 4 is 35.3 Å². The van der Waals surface area contributed by atoms with Crippen LogP contribution in [0.4, 0.5) is 5.95 Å². The largest absolute Gasteiger partial charge is 0.394 e. The number of hydrogen-bond acceptors (Lipinski definition) is 9. The number of aromatic nitrogens is 4. The number of hydrogen-bond donors (Lipinski definition) is 7. The van der Waals surface area contributed by atoms with E-state index in [1.54, 1.807) is 0 Å². The van der Waals surface area contributed by atoms with E-state index in [0.717, 1.165) is 0 Å². The molecule has 0 bridgehead atoms. The van der Waals surface area contributed by atoms with Crippen LogP contribution in [0.2, 0.25) is 0 Å². The minimum atomic E-state index is -1.23. The molecule has 0 radical (unpaired) electrons. The standard InChI is InChI=1S/C14H22N8O4S/c15-13(16)17-2-1-3-18-14-20-10-7(11(27)21-14)19-5-22(10)12-9(25)8(24)6(4-23)26-12/h5-6,8-9,12,23-25H,1-4H2,(H4,15,16,17)(H2,18,20,21,27)/t6-,8-,9-,12-/m1/s1. The van der Waals surface area contributed by atoms with Crippen molar-refractivity contribution in [3.8, 4) is 0 Å². The van der Waals surface area contributed by atoms with Gasteiger partial charge in [-0.2, -0.15) is 0 Å². The SMILES string of the molecule is NC(N)=NCCCNc1nc(=S)c2ncn([C@@H]3O[C@H](CO)[C@@H](O)[C@H]3O)c2[nH]1. The van der Waals surface area contributed by atoms with E-state index < -0.39 is 31.1 Å². The fourth-order valence-electron chi connectivity index (χ4n) is 2.82. The van der Waals surface area contributed by atoms with Gasteiger partial charge in [0.1, 0.15) is 29.5 Å². The summed E-state index contributed by atoms with van der Waals surface area (Å²) in [5, 5.41) is 32.5. The van der Waals surface area contributed by atoms with Gasteiger partial charge in [-0.15, -0.1) is 0 Å². The lowest BCUT2D eigenvalue weighted by atomic mass is 10.1. The minimum Gasteiger partial charge on any atom is -0.394 e. The fourth-order valence-corrected chi connectivity index (χ4v) is 3.06. The van der Waals surface area contributed by atoms with Crippen molar-refractivity contribution in [1.29, 1.82) is 0 Å². The van der Waals surface area contributed by atoms with Gasteiger partial charge in [0, 0.05) is 13.1 Å². The number of guanidine groups is 1. The monoisotopic (exact) mass is 398 g/mol. The summed E-state index contributed by atoms with van der Waals surface area (Å²) in [4.78, 5) is 15.4. The molecule has 0 aromatic carbocycles. The number of aliphatic hydroxyl groups is 3. The highest BCUT2D eigenvalue weighted by molar-refractivity contribution is 7.71. The molecule has 3 heterocycles. The Morgan fingerprint density at radius 1 is 1.41 bits per heavy atom. The number of nitrogens with two attached hydrogens (primary N) is 2. The number of anilines is 1. The molecule has 4 atom stereocenters. The number of imidazole rings is 1. The Hall–Kier alpha value is -2.32. The summed E-state index contributed by atoms with van der Waals surface area (Å²) >= 11 is 5.27. The van der Waals surface area contributed by atoms with E-state index in [1.165, 1.54) is 10.9 Å². The highest BCUT2D eigenvalue weighted by Crippen LogP contribution is 2.31. The minimum absolute atomic E-state index is 0.0383. The van der Waals surface area contributed by atoms with Crippen LogP contribution in [0, 0.1) is 4.64 Å². The van der Waals surface area contributed by atoms with E-state index in [1.807, 2.05) is 0 Å². The Labute approximate surface area is 158 Å². The van der Waals surface area contributed by atoms with E-state index in [2.05, 4.69) is 25.3 Å². The van der Waals surface area contributed by atoms with Gasteiger partial charge in [-0.3, -0.25) is 9.56 Å². The van der Waals surface area contributed by atoms with Crippen molar-refractivity contribution in [3.05, 3.63) is 11.0 Å². The topological polar surface area (TPSA) is 193 Å². The molecular weight excluding hydrogens is 376 g/mol. The van der Waals surface area contributed by atoms with Crippen LogP contribution in [0.3, 0.4) is 0 Å². The zero-order chi connectivity index (χ0) is 19.6. The molecule has 148 valence electrons. The van der Waals surface area contributed by atoms with Gasteiger partial charge < -0.3 is 41.8 Å². The lowest BCUT2D eigenvalue weighted by molar-refractivity contribution is -0.0511. The molecular formula is C14H22N8O4S. The maximum absolute atomic E-state index is 10.2. The molecule has 1 saturated heterocycles. The van der Waals surface area contributed by atoms with Crippen molar-refractivity contribution in [2.24, 2.45) is 16.5 Å². The Bertz CT molecular complexity index is 880. The van der Waals surface area contributed by atoms with E-state index in [0.29, 0.717) is 36.6 Å². The normalized spacial score (nSPS) is 25.0. The molecule has 2 aromatic rings. The molecule has 9 N–H and O–H groups in total. The second-order valence-corrected chi connectivity index (χ2v) is 6.44. The fraction of sp³-hybridized carbons (Fsp3) is 0.571. The number of fused-ring (bicyclic) bond motifs is 1. The van der Waals surface area contributed by atoms with E-state index >= 15 is 0 Å². The summed E-state index contributed by atoms with van der Waals surface area (Å²) in [7, 11) is 0. The Morgan fingerprint density at radius 2 is 2.19 bits per heavy atom. The van der Waals surface area contributed by atoms with Crippen LogP contribution in [0.25, 0.3) is 11.2 Å². The van der Waals surface area contributed by atoms with Crippen LogP contribution < -0.4 is 16.8 Å². The number of aliphatic hydroxyl groups excluding tert-OH is 3. The molecule has 0 spiro atoms. The number of rotatable bonds is 7. The van der Waals surface area contributed by atoms with E-state index in [9.17, 15) is 15.3 Å². The molecule has 0 amide bonds. The molecule has 1 aliphatic heterocycles. The molecule has 0 saturated carbocycles. The molecule has 12 nitrogen and oxygen atoms in total. The van der Waals surface area contributed by atoms with Crippen LogP contribution >= 0.6 is 12.2 Å². The summed E-state index contributed by atoms with van der Waals surface area (Å²) in [5.41, 5.74) is 11.4. The Morgan fingerprint density at radius 3 is 2.85 bits per heavy atom. The third-order valence-electron chi connectivity index (χ3n) is 4.16. The van der Waals surface area contributed by atoms with E-state index in [4.69, 9.17) is 28.4 Å². The lowest BCUT2D eigenvalue weighted by Gasteiger charge is -2.17. The van der Waals surface area contributed by atoms with Gasteiger partial charge in [0.25, 0.3) is 0 Å². The van der Waals surface area contributed by atoms with Crippen molar-refractivity contribution in [2.75, 3.05) is 25.0 Å². The number of aliphatic imine (C=N–C) groups is 1. The second kappa shape index (κ2) is 8.14. The van der Waals surface area contributed by atoms with Crippen LogP contribution in [0.1, 0.15) is 12.6 Å². The van der Waals surface area contributed by atoms with Crippen LogP contribution in [-0.4, -0.2) is 78.8 Å². The summed E-state index contributed by atoms with van der Waals surface area (Å²) in [6.45, 7) is 0.600. The maximum Gasteiger partial charge on any atom is 0.203 e. The van der Waals surface area contributed by atoms with Gasteiger partial charge in [-0.1, -0.05) is 12.2 Å². The molecule has 1 fully saturated rings. The Balaban J connectivity index is 1.81. The van der Waals surface area contributed by atoms with Gasteiger partial charge in [0.2, 0.25) is 5.95 Å². The van der Waals surface area contributed by atoms with Crippen LogP contribution in [0.5, 0.6) is 0 Å².